The molecule has 2 heterocycles. The smallest absolute Gasteiger partial charge is 0.191 e. The van der Waals surface area contributed by atoms with Crippen molar-refractivity contribution in [3.63, 3.8) is 0 Å². The van der Waals surface area contributed by atoms with Crippen molar-refractivity contribution in [2.75, 3.05) is 7.05 Å². The molecule has 0 saturated carbocycles. The van der Waals surface area contributed by atoms with E-state index in [1.165, 1.54) is 5.39 Å². The highest BCUT2D eigenvalue weighted by Gasteiger charge is 2.13. The normalized spacial score (nSPS) is 11.3. The summed E-state index contributed by atoms with van der Waals surface area (Å²) in [5, 5.41) is 13.2. The van der Waals surface area contributed by atoms with E-state index in [1.807, 2.05) is 24.4 Å². The molecule has 0 aliphatic heterocycles. The Bertz CT molecular complexity index is 880. The van der Waals surface area contributed by atoms with E-state index in [2.05, 4.69) is 51.7 Å². The SMILES string of the molecule is CCc1noc(CC)c1CNC(=NC)NCc1nccc2ccccc12.I. The fraction of sp³-hybridized carbons (Fsp3) is 0.350. The Labute approximate surface area is 176 Å². The van der Waals surface area contributed by atoms with Crippen molar-refractivity contribution in [2.24, 2.45) is 4.99 Å². The van der Waals surface area contributed by atoms with Gasteiger partial charge in [0.2, 0.25) is 0 Å². The van der Waals surface area contributed by atoms with Crippen LogP contribution in [0.15, 0.2) is 46.0 Å². The third-order valence-corrected chi connectivity index (χ3v) is 4.44. The van der Waals surface area contributed by atoms with Crippen LogP contribution >= 0.6 is 24.0 Å². The van der Waals surface area contributed by atoms with Crippen LogP contribution in [0.2, 0.25) is 0 Å². The lowest BCUT2D eigenvalue weighted by Gasteiger charge is -2.13. The van der Waals surface area contributed by atoms with Gasteiger partial charge in [-0.2, -0.15) is 0 Å². The monoisotopic (exact) mass is 479 g/mol. The first-order chi connectivity index (χ1) is 12.8. The molecule has 3 rings (SSSR count). The Kier molecular flexibility index (Phi) is 8.02. The maximum Gasteiger partial charge on any atom is 0.191 e. The lowest BCUT2D eigenvalue weighted by molar-refractivity contribution is 0.380. The molecule has 6 nitrogen and oxygen atoms in total. The third kappa shape index (κ3) is 4.97. The summed E-state index contributed by atoms with van der Waals surface area (Å²) < 4.78 is 5.42. The van der Waals surface area contributed by atoms with Crippen molar-refractivity contribution in [3.05, 3.63) is 59.2 Å². The fourth-order valence-electron chi connectivity index (χ4n) is 3.02. The van der Waals surface area contributed by atoms with E-state index in [1.54, 1.807) is 7.05 Å². The molecule has 3 aromatic rings. The molecule has 0 atom stereocenters. The van der Waals surface area contributed by atoms with E-state index in [0.717, 1.165) is 46.9 Å². The number of rotatable bonds is 6. The Morgan fingerprint density at radius 1 is 1.04 bits per heavy atom. The Hall–Kier alpha value is -2.16. The summed E-state index contributed by atoms with van der Waals surface area (Å²) in [4.78, 5) is 8.82. The number of nitrogens with one attached hydrogen (secondary N) is 2. The molecule has 7 heteroatoms. The van der Waals surface area contributed by atoms with Gasteiger partial charge in [-0.05, 0) is 17.9 Å². The second-order valence-corrected chi connectivity index (χ2v) is 6.00. The lowest BCUT2D eigenvalue weighted by Crippen LogP contribution is -2.36. The zero-order valence-corrected chi connectivity index (χ0v) is 18.3. The molecule has 0 unspecified atom stereocenters. The van der Waals surface area contributed by atoms with Crippen molar-refractivity contribution in [2.45, 2.75) is 39.8 Å². The molecule has 144 valence electrons. The molecule has 27 heavy (non-hydrogen) atoms. The van der Waals surface area contributed by atoms with Crippen LogP contribution in [-0.2, 0) is 25.9 Å². The van der Waals surface area contributed by atoms with Crippen LogP contribution in [0, 0.1) is 0 Å². The van der Waals surface area contributed by atoms with Gasteiger partial charge in [0.25, 0.3) is 0 Å². The maximum atomic E-state index is 5.42. The molecule has 0 spiro atoms. The van der Waals surface area contributed by atoms with Crippen LogP contribution in [0.4, 0.5) is 0 Å². The molecule has 0 aliphatic rings. The number of benzene rings is 1. The molecule has 0 aliphatic carbocycles. The maximum absolute atomic E-state index is 5.42. The number of guanidine groups is 1. The van der Waals surface area contributed by atoms with Crippen LogP contribution in [0.1, 0.15) is 36.6 Å². The highest BCUT2D eigenvalue weighted by Crippen LogP contribution is 2.17. The Balaban J connectivity index is 0.00000261. The van der Waals surface area contributed by atoms with Gasteiger partial charge in [0.05, 0.1) is 17.9 Å². The number of hydrogen-bond acceptors (Lipinski definition) is 4. The van der Waals surface area contributed by atoms with Crippen molar-refractivity contribution in [1.29, 1.82) is 0 Å². The summed E-state index contributed by atoms with van der Waals surface area (Å²) in [5.41, 5.74) is 3.13. The largest absolute Gasteiger partial charge is 0.361 e. The van der Waals surface area contributed by atoms with Crippen LogP contribution in [0.3, 0.4) is 0 Å². The average Bonchev–Trinajstić information content (AvgIpc) is 3.10. The topological polar surface area (TPSA) is 75.3 Å². The van der Waals surface area contributed by atoms with E-state index in [4.69, 9.17) is 4.52 Å². The number of aryl methyl sites for hydroxylation is 2. The first-order valence-electron chi connectivity index (χ1n) is 9.00. The van der Waals surface area contributed by atoms with Gasteiger partial charge in [0, 0.05) is 37.2 Å². The summed E-state index contributed by atoms with van der Waals surface area (Å²) >= 11 is 0. The van der Waals surface area contributed by atoms with Crippen molar-refractivity contribution < 1.29 is 4.52 Å². The first kappa shape index (κ1) is 21.1. The predicted molar refractivity (Wildman–Crippen MR) is 119 cm³/mol. The summed E-state index contributed by atoms with van der Waals surface area (Å²) in [6.45, 7) is 5.40. The van der Waals surface area contributed by atoms with Gasteiger partial charge in [0.15, 0.2) is 5.96 Å². The minimum Gasteiger partial charge on any atom is -0.361 e. The van der Waals surface area contributed by atoms with Gasteiger partial charge in [-0.25, -0.2) is 0 Å². The molecule has 0 fully saturated rings. The number of pyridine rings is 1. The first-order valence-corrected chi connectivity index (χ1v) is 9.00. The fourth-order valence-corrected chi connectivity index (χ4v) is 3.02. The van der Waals surface area contributed by atoms with Crippen LogP contribution < -0.4 is 10.6 Å². The third-order valence-electron chi connectivity index (χ3n) is 4.44. The summed E-state index contributed by atoms with van der Waals surface area (Å²) in [7, 11) is 1.76. The highest BCUT2D eigenvalue weighted by molar-refractivity contribution is 14.0. The van der Waals surface area contributed by atoms with Crippen molar-refractivity contribution in [1.82, 2.24) is 20.8 Å². The number of halogens is 1. The van der Waals surface area contributed by atoms with E-state index in [0.29, 0.717) is 13.1 Å². The number of aliphatic imine (C=N–C) groups is 1. The molecule has 2 N–H and O–H groups in total. The molecule has 0 amide bonds. The van der Waals surface area contributed by atoms with E-state index in [9.17, 15) is 0 Å². The summed E-state index contributed by atoms with van der Waals surface area (Å²) in [6.07, 6.45) is 3.52. The standard InChI is InChI=1S/C20H25N5O.HI/c1-4-17-16(19(5-2)26-25-17)12-23-20(21-3)24-13-18-15-9-7-6-8-14(15)10-11-22-18;/h6-11H,4-5,12-13H2,1-3H3,(H2,21,23,24);1H. The quantitative estimate of drug-likeness (QED) is 0.320. The van der Waals surface area contributed by atoms with E-state index >= 15 is 0 Å². The Morgan fingerprint density at radius 2 is 1.81 bits per heavy atom. The van der Waals surface area contributed by atoms with Crippen LogP contribution in [0.5, 0.6) is 0 Å². The van der Waals surface area contributed by atoms with Crippen molar-refractivity contribution >= 4 is 40.7 Å². The molecule has 1 aromatic carbocycles. The zero-order chi connectivity index (χ0) is 18.4. The molecule has 0 saturated heterocycles. The average molecular weight is 479 g/mol. The number of aromatic nitrogens is 2. The Morgan fingerprint density at radius 3 is 2.56 bits per heavy atom. The van der Waals surface area contributed by atoms with Gasteiger partial charge in [0.1, 0.15) is 5.76 Å². The van der Waals surface area contributed by atoms with Crippen LogP contribution in [0.25, 0.3) is 10.8 Å². The van der Waals surface area contributed by atoms with Crippen LogP contribution in [-0.4, -0.2) is 23.1 Å². The number of fused-ring (bicyclic) bond motifs is 1. The summed E-state index contributed by atoms with van der Waals surface area (Å²) in [6, 6.07) is 10.3. The molecule has 0 bridgehead atoms. The minimum atomic E-state index is 0. The van der Waals surface area contributed by atoms with Gasteiger partial charge in [-0.3, -0.25) is 9.98 Å². The second kappa shape index (κ2) is 10.2. The highest BCUT2D eigenvalue weighted by atomic mass is 127. The minimum absolute atomic E-state index is 0. The summed E-state index contributed by atoms with van der Waals surface area (Å²) in [5.74, 6) is 1.66. The van der Waals surface area contributed by atoms with Crippen molar-refractivity contribution in [3.8, 4) is 0 Å². The van der Waals surface area contributed by atoms with Gasteiger partial charge < -0.3 is 15.2 Å². The molecular weight excluding hydrogens is 453 g/mol. The lowest BCUT2D eigenvalue weighted by atomic mass is 10.1. The molecule has 2 aromatic heterocycles. The molecule has 0 radical (unpaired) electrons. The predicted octanol–water partition coefficient (Wildman–Crippen LogP) is 3.83. The van der Waals surface area contributed by atoms with Gasteiger partial charge >= 0.3 is 0 Å². The number of hydrogen-bond donors (Lipinski definition) is 2. The molecular formula is C20H26IN5O. The van der Waals surface area contributed by atoms with Gasteiger partial charge in [-0.15, -0.1) is 24.0 Å². The number of nitrogens with zero attached hydrogens (tertiary/aromatic N) is 3. The van der Waals surface area contributed by atoms with Gasteiger partial charge in [-0.1, -0.05) is 43.3 Å². The second-order valence-electron chi connectivity index (χ2n) is 6.00. The van der Waals surface area contributed by atoms with E-state index in [-0.39, 0.29) is 24.0 Å². The zero-order valence-electron chi connectivity index (χ0n) is 16.0. The van der Waals surface area contributed by atoms with E-state index < -0.39 is 0 Å².